The first-order valence-corrected chi connectivity index (χ1v) is 7.59. The van der Waals surface area contributed by atoms with Crippen molar-refractivity contribution in [1.29, 1.82) is 0 Å². The average molecular weight is 278 g/mol. The van der Waals surface area contributed by atoms with Gasteiger partial charge in [0.25, 0.3) is 0 Å². The first-order valence-electron chi connectivity index (χ1n) is 6.71. The highest BCUT2D eigenvalue weighted by Gasteiger charge is 2.33. The van der Waals surface area contributed by atoms with E-state index in [-0.39, 0.29) is 11.5 Å². The van der Waals surface area contributed by atoms with Gasteiger partial charge in [0.1, 0.15) is 6.10 Å². The molecule has 2 rings (SSSR count). The Morgan fingerprint density at radius 2 is 2.00 bits per heavy atom. The van der Waals surface area contributed by atoms with Gasteiger partial charge in [-0.2, -0.15) is 0 Å². The molecule has 0 saturated carbocycles. The fourth-order valence-corrected chi connectivity index (χ4v) is 3.35. The summed E-state index contributed by atoms with van der Waals surface area (Å²) in [7, 11) is 0. The monoisotopic (exact) mass is 278 g/mol. The summed E-state index contributed by atoms with van der Waals surface area (Å²) in [4.78, 5) is 0. The normalized spacial score (nSPS) is 15.6. The molecule has 19 heavy (non-hydrogen) atoms. The van der Waals surface area contributed by atoms with Crippen molar-refractivity contribution in [3.63, 3.8) is 0 Å². The maximum absolute atomic E-state index is 10.7. The summed E-state index contributed by atoms with van der Waals surface area (Å²) in [6.45, 7) is 8.89. The molecule has 1 N–H and O–H groups in total. The second-order valence-corrected chi connectivity index (χ2v) is 6.79. The van der Waals surface area contributed by atoms with E-state index in [4.69, 9.17) is 4.74 Å². The number of rotatable bonds is 4. The third-order valence-corrected chi connectivity index (χ3v) is 4.29. The van der Waals surface area contributed by atoms with Crippen LogP contribution in [-0.2, 0) is 4.74 Å². The molecule has 104 valence electrons. The lowest BCUT2D eigenvalue weighted by molar-refractivity contribution is -0.0893. The van der Waals surface area contributed by atoms with Gasteiger partial charge in [-0.05, 0) is 29.2 Å². The standard InChI is InChI=1S/C16H22O2S/c1-5-18-15(16(2,3)4)13(17)12-8-6-7-11-9-10-19-14(11)12/h6-10,13,15,17H,5H2,1-4H3. The summed E-state index contributed by atoms with van der Waals surface area (Å²) in [5.41, 5.74) is 0.871. The van der Waals surface area contributed by atoms with E-state index in [2.05, 4.69) is 38.3 Å². The molecule has 1 heterocycles. The van der Waals surface area contributed by atoms with Crippen molar-refractivity contribution in [2.45, 2.75) is 39.9 Å². The molecule has 2 atom stereocenters. The molecule has 0 saturated heterocycles. The van der Waals surface area contributed by atoms with Crippen LogP contribution in [0.25, 0.3) is 10.1 Å². The lowest BCUT2D eigenvalue weighted by atomic mass is 9.83. The van der Waals surface area contributed by atoms with Crippen LogP contribution in [0.2, 0.25) is 0 Å². The zero-order chi connectivity index (χ0) is 14.0. The molecule has 3 heteroatoms. The molecule has 0 aliphatic heterocycles. The molecule has 0 aliphatic rings. The Hall–Kier alpha value is -0.900. The maximum Gasteiger partial charge on any atom is 0.107 e. The zero-order valence-corrected chi connectivity index (χ0v) is 12.8. The van der Waals surface area contributed by atoms with Gasteiger partial charge in [-0.3, -0.25) is 0 Å². The first-order chi connectivity index (χ1) is 8.95. The topological polar surface area (TPSA) is 29.5 Å². The van der Waals surface area contributed by atoms with E-state index < -0.39 is 6.10 Å². The van der Waals surface area contributed by atoms with Crippen molar-refractivity contribution in [3.8, 4) is 0 Å². The molecular weight excluding hydrogens is 256 g/mol. The number of benzene rings is 1. The van der Waals surface area contributed by atoms with Crippen LogP contribution in [0.4, 0.5) is 0 Å². The predicted octanol–water partition coefficient (Wildman–Crippen LogP) is 4.39. The van der Waals surface area contributed by atoms with Gasteiger partial charge in [0.05, 0.1) is 6.10 Å². The largest absolute Gasteiger partial charge is 0.386 e. The Kier molecular flexibility index (Phi) is 4.29. The van der Waals surface area contributed by atoms with E-state index in [9.17, 15) is 5.11 Å². The molecular formula is C16H22O2S. The Balaban J connectivity index is 2.41. The number of thiophene rings is 1. The Labute approximate surface area is 119 Å². The van der Waals surface area contributed by atoms with E-state index in [1.54, 1.807) is 11.3 Å². The summed E-state index contributed by atoms with van der Waals surface area (Å²) in [5, 5.41) is 14.0. The molecule has 1 aromatic carbocycles. The SMILES string of the molecule is CCOC(C(O)c1cccc2ccsc12)C(C)(C)C. The lowest BCUT2D eigenvalue weighted by Crippen LogP contribution is -2.35. The predicted molar refractivity (Wildman–Crippen MR) is 81.7 cm³/mol. The summed E-state index contributed by atoms with van der Waals surface area (Å²) >= 11 is 1.67. The number of aliphatic hydroxyl groups excluding tert-OH is 1. The molecule has 0 bridgehead atoms. The van der Waals surface area contributed by atoms with Crippen molar-refractivity contribution < 1.29 is 9.84 Å². The van der Waals surface area contributed by atoms with E-state index in [0.717, 1.165) is 10.3 Å². The van der Waals surface area contributed by atoms with Gasteiger partial charge >= 0.3 is 0 Å². The van der Waals surface area contributed by atoms with Crippen molar-refractivity contribution >= 4 is 21.4 Å². The molecule has 2 nitrogen and oxygen atoms in total. The highest BCUT2D eigenvalue weighted by molar-refractivity contribution is 7.17. The number of ether oxygens (including phenoxy) is 1. The molecule has 2 unspecified atom stereocenters. The number of aliphatic hydroxyl groups is 1. The second-order valence-electron chi connectivity index (χ2n) is 5.87. The van der Waals surface area contributed by atoms with Crippen molar-refractivity contribution in [1.82, 2.24) is 0 Å². The van der Waals surface area contributed by atoms with Crippen molar-refractivity contribution in [2.75, 3.05) is 6.61 Å². The maximum atomic E-state index is 10.7. The van der Waals surface area contributed by atoms with Crippen LogP contribution < -0.4 is 0 Å². The average Bonchev–Trinajstić information content (AvgIpc) is 2.81. The number of hydrogen-bond acceptors (Lipinski definition) is 3. The van der Waals surface area contributed by atoms with E-state index in [1.807, 2.05) is 19.1 Å². The third-order valence-electron chi connectivity index (χ3n) is 3.31. The van der Waals surface area contributed by atoms with Crippen LogP contribution in [0.15, 0.2) is 29.6 Å². The van der Waals surface area contributed by atoms with Gasteiger partial charge < -0.3 is 9.84 Å². The van der Waals surface area contributed by atoms with Gasteiger partial charge in [0.2, 0.25) is 0 Å². The van der Waals surface area contributed by atoms with E-state index >= 15 is 0 Å². The van der Waals surface area contributed by atoms with Gasteiger partial charge in [-0.1, -0.05) is 39.0 Å². The van der Waals surface area contributed by atoms with Crippen LogP contribution in [0, 0.1) is 5.41 Å². The summed E-state index contributed by atoms with van der Waals surface area (Å²) in [6.07, 6.45) is -0.799. The van der Waals surface area contributed by atoms with Gasteiger partial charge in [0.15, 0.2) is 0 Å². The third kappa shape index (κ3) is 2.99. The fourth-order valence-electron chi connectivity index (χ4n) is 2.41. The smallest absolute Gasteiger partial charge is 0.107 e. The van der Waals surface area contributed by atoms with Crippen LogP contribution in [0.1, 0.15) is 39.4 Å². The Bertz CT molecular complexity index is 539. The molecule has 1 aromatic heterocycles. The quantitative estimate of drug-likeness (QED) is 0.899. The number of hydrogen-bond donors (Lipinski definition) is 1. The summed E-state index contributed by atoms with van der Waals surface area (Å²) in [6, 6.07) is 8.17. The second kappa shape index (κ2) is 5.61. The lowest BCUT2D eigenvalue weighted by Gasteiger charge is -2.34. The molecule has 0 amide bonds. The van der Waals surface area contributed by atoms with Crippen LogP contribution >= 0.6 is 11.3 Å². The minimum absolute atomic E-state index is 0.102. The van der Waals surface area contributed by atoms with Crippen LogP contribution in [0.3, 0.4) is 0 Å². The van der Waals surface area contributed by atoms with Gasteiger partial charge in [0, 0.05) is 16.9 Å². The molecule has 0 aliphatic carbocycles. The molecule has 0 spiro atoms. The Morgan fingerprint density at radius 3 is 2.63 bits per heavy atom. The number of fused-ring (bicyclic) bond motifs is 1. The minimum Gasteiger partial charge on any atom is -0.386 e. The highest BCUT2D eigenvalue weighted by Crippen LogP contribution is 2.37. The highest BCUT2D eigenvalue weighted by atomic mass is 32.1. The van der Waals surface area contributed by atoms with Crippen molar-refractivity contribution in [3.05, 3.63) is 35.2 Å². The Morgan fingerprint density at radius 1 is 1.26 bits per heavy atom. The van der Waals surface area contributed by atoms with E-state index in [1.165, 1.54) is 5.39 Å². The van der Waals surface area contributed by atoms with E-state index in [0.29, 0.717) is 6.61 Å². The summed E-state index contributed by atoms with van der Waals surface area (Å²) < 4.78 is 6.96. The van der Waals surface area contributed by atoms with Gasteiger partial charge in [-0.25, -0.2) is 0 Å². The molecule has 2 aromatic rings. The van der Waals surface area contributed by atoms with Crippen molar-refractivity contribution in [2.24, 2.45) is 5.41 Å². The molecule has 0 fully saturated rings. The molecule has 0 radical (unpaired) electrons. The first kappa shape index (κ1) is 14.5. The summed E-state index contributed by atoms with van der Waals surface area (Å²) in [5.74, 6) is 0. The van der Waals surface area contributed by atoms with Gasteiger partial charge in [-0.15, -0.1) is 11.3 Å². The minimum atomic E-state index is -0.595. The fraction of sp³-hybridized carbons (Fsp3) is 0.500. The zero-order valence-electron chi connectivity index (χ0n) is 12.0. The van der Waals surface area contributed by atoms with Crippen LogP contribution in [-0.4, -0.2) is 17.8 Å². The van der Waals surface area contributed by atoms with Crippen LogP contribution in [0.5, 0.6) is 0 Å².